The van der Waals surface area contributed by atoms with Crippen LogP contribution in [0.3, 0.4) is 0 Å². The highest BCUT2D eigenvalue weighted by Crippen LogP contribution is 2.45. The monoisotopic (exact) mass is 270 g/mol. The van der Waals surface area contributed by atoms with Gasteiger partial charge in [0.05, 0.1) is 12.4 Å². The lowest BCUT2D eigenvalue weighted by Crippen LogP contribution is -2.14. The highest BCUT2D eigenvalue weighted by Gasteiger charge is 2.41. The van der Waals surface area contributed by atoms with Crippen LogP contribution < -0.4 is 5.73 Å². The first-order chi connectivity index (χ1) is 4.68. The van der Waals surface area contributed by atoms with Crippen molar-refractivity contribution in [2.75, 3.05) is 13.2 Å². The molecule has 0 bridgehead atoms. The van der Waals surface area contributed by atoms with Crippen molar-refractivity contribution in [3.05, 3.63) is 0 Å². The molecule has 0 aliphatic heterocycles. The molecule has 0 amide bonds. The number of hydrogen-bond acceptors (Lipinski definition) is 2. The third-order valence-corrected chi connectivity index (χ3v) is 1.96. The van der Waals surface area contributed by atoms with Crippen molar-refractivity contribution >= 4 is 29.8 Å². The van der Waals surface area contributed by atoms with Crippen LogP contribution in [-0.2, 0) is 0 Å². The Morgan fingerprint density at radius 2 is 2.18 bits per heavy atom. The van der Waals surface area contributed by atoms with Gasteiger partial charge in [0.25, 0.3) is 0 Å². The van der Waals surface area contributed by atoms with Crippen molar-refractivity contribution < 1.29 is 5.11 Å². The second kappa shape index (κ2) is 4.25. The Labute approximate surface area is 84.1 Å². The van der Waals surface area contributed by atoms with Crippen LogP contribution >= 0.6 is 24.0 Å². The first kappa shape index (κ1) is 11.2. The lowest BCUT2D eigenvalue weighted by molar-refractivity contribution is 0.217. The van der Waals surface area contributed by atoms with Gasteiger partial charge in [0.15, 0.2) is 0 Å². The minimum Gasteiger partial charge on any atom is -0.396 e. The summed E-state index contributed by atoms with van der Waals surface area (Å²) in [6.45, 7) is 2.73. The Kier molecular flexibility index (Phi) is 4.31. The number of hydrogen-bond donors (Lipinski definition) is 2. The molecular formula is C7H15IN2O. The molecule has 3 nitrogen and oxygen atoms in total. The Bertz CT molecular complexity index is 151. The molecule has 0 aromatic rings. The molecule has 0 heterocycles. The van der Waals surface area contributed by atoms with E-state index in [0.29, 0.717) is 12.4 Å². The van der Waals surface area contributed by atoms with Gasteiger partial charge in [-0.05, 0) is 19.8 Å². The van der Waals surface area contributed by atoms with Gasteiger partial charge in [0, 0.05) is 12.0 Å². The molecule has 1 aliphatic rings. The van der Waals surface area contributed by atoms with E-state index in [-0.39, 0.29) is 36.0 Å². The normalized spacial score (nSPS) is 20.7. The number of nitrogens with zero attached hydrogens (tertiary/aromatic N) is 1. The summed E-state index contributed by atoms with van der Waals surface area (Å²) in [6, 6.07) is 0. The lowest BCUT2D eigenvalue weighted by atomic mass is 10.1. The topological polar surface area (TPSA) is 58.6 Å². The molecule has 0 atom stereocenters. The number of aliphatic hydroxyl groups is 1. The molecule has 1 rings (SSSR count). The zero-order valence-electron chi connectivity index (χ0n) is 6.71. The first-order valence-corrected chi connectivity index (χ1v) is 3.56. The van der Waals surface area contributed by atoms with Crippen LogP contribution in [0.25, 0.3) is 0 Å². The number of amidine groups is 1. The number of aliphatic imine (C=N–C) groups is 1. The average molecular weight is 270 g/mol. The molecule has 3 N–H and O–H groups in total. The van der Waals surface area contributed by atoms with E-state index in [1.807, 2.05) is 0 Å². The minimum absolute atomic E-state index is 0. The molecule has 1 aliphatic carbocycles. The Balaban J connectivity index is 0.000001000. The van der Waals surface area contributed by atoms with E-state index in [9.17, 15) is 0 Å². The molecule has 0 unspecified atom stereocenters. The van der Waals surface area contributed by atoms with E-state index >= 15 is 0 Å². The molecule has 0 aromatic carbocycles. The van der Waals surface area contributed by atoms with E-state index in [2.05, 4.69) is 4.99 Å². The summed E-state index contributed by atoms with van der Waals surface area (Å²) in [5.74, 6) is 0.611. The second-order valence-corrected chi connectivity index (χ2v) is 3.12. The van der Waals surface area contributed by atoms with Crippen molar-refractivity contribution in [1.29, 1.82) is 0 Å². The SMILES string of the molecule is CC(N)=NCC1(CO)CC1.I. The van der Waals surface area contributed by atoms with Crippen LogP contribution in [0.4, 0.5) is 0 Å². The summed E-state index contributed by atoms with van der Waals surface area (Å²) >= 11 is 0. The quantitative estimate of drug-likeness (QED) is 0.452. The molecule has 0 saturated heterocycles. The van der Waals surface area contributed by atoms with Crippen LogP contribution in [0, 0.1) is 5.41 Å². The maximum atomic E-state index is 8.86. The highest BCUT2D eigenvalue weighted by molar-refractivity contribution is 14.0. The van der Waals surface area contributed by atoms with Gasteiger partial charge >= 0.3 is 0 Å². The molecule has 0 radical (unpaired) electrons. The van der Waals surface area contributed by atoms with E-state index < -0.39 is 0 Å². The van der Waals surface area contributed by atoms with Crippen LogP contribution in [0.5, 0.6) is 0 Å². The summed E-state index contributed by atoms with van der Waals surface area (Å²) in [7, 11) is 0. The molecule has 66 valence electrons. The predicted octanol–water partition coefficient (Wildman–Crippen LogP) is 0.754. The Hall–Kier alpha value is 0.160. The predicted molar refractivity (Wildman–Crippen MR) is 56.3 cm³/mol. The molecule has 1 fully saturated rings. The van der Waals surface area contributed by atoms with Gasteiger partial charge in [0.1, 0.15) is 0 Å². The third-order valence-electron chi connectivity index (χ3n) is 1.96. The summed E-state index contributed by atoms with van der Waals surface area (Å²) in [4.78, 5) is 4.06. The maximum absolute atomic E-state index is 8.86. The zero-order chi connectivity index (χ0) is 7.61. The summed E-state index contributed by atoms with van der Waals surface area (Å²) < 4.78 is 0. The van der Waals surface area contributed by atoms with Gasteiger partial charge in [-0.1, -0.05) is 0 Å². The first-order valence-electron chi connectivity index (χ1n) is 3.56. The smallest absolute Gasteiger partial charge is 0.0905 e. The van der Waals surface area contributed by atoms with E-state index in [4.69, 9.17) is 10.8 Å². The highest BCUT2D eigenvalue weighted by atomic mass is 127. The molecule has 11 heavy (non-hydrogen) atoms. The van der Waals surface area contributed by atoms with Gasteiger partial charge in [-0.3, -0.25) is 4.99 Å². The second-order valence-electron chi connectivity index (χ2n) is 3.12. The fraction of sp³-hybridized carbons (Fsp3) is 0.857. The van der Waals surface area contributed by atoms with Gasteiger partial charge in [0.2, 0.25) is 0 Å². The van der Waals surface area contributed by atoms with E-state index in [1.165, 1.54) is 0 Å². The van der Waals surface area contributed by atoms with Crippen molar-refractivity contribution in [2.24, 2.45) is 16.1 Å². The summed E-state index contributed by atoms with van der Waals surface area (Å²) in [5.41, 5.74) is 5.46. The summed E-state index contributed by atoms with van der Waals surface area (Å²) in [6.07, 6.45) is 2.20. The standard InChI is InChI=1S/C7H14N2O.HI/c1-6(8)9-4-7(5-10)2-3-7;/h10H,2-5H2,1H3,(H2,8,9);1H. The Morgan fingerprint density at radius 3 is 2.45 bits per heavy atom. The van der Waals surface area contributed by atoms with Gasteiger partial charge < -0.3 is 10.8 Å². The molecule has 0 spiro atoms. The van der Waals surface area contributed by atoms with Gasteiger partial charge in [-0.15, -0.1) is 24.0 Å². The van der Waals surface area contributed by atoms with Gasteiger partial charge in [-0.25, -0.2) is 0 Å². The zero-order valence-corrected chi connectivity index (χ0v) is 9.04. The van der Waals surface area contributed by atoms with Crippen molar-refractivity contribution in [1.82, 2.24) is 0 Å². The van der Waals surface area contributed by atoms with Crippen LogP contribution in [0.15, 0.2) is 4.99 Å². The third kappa shape index (κ3) is 3.37. The van der Waals surface area contributed by atoms with Crippen molar-refractivity contribution in [3.8, 4) is 0 Å². The van der Waals surface area contributed by atoms with E-state index in [0.717, 1.165) is 12.8 Å². The fourth-order valence-corrected chi connectivity index (χ4v) is 0.835. The van der Waals surface area contributed by atoms with Crippen LogP contribution in [-0.4, -0.2) is 24.1 Å². The number of rotatable bonds is 3. The molecule has 0 aromatic heterocycles. The molecular weight excluding hydrogens is 255 g/mol. The fourth-order valence-electron chi connectivity index (χ4n) is 0.835. The maximum Gasteiger partial charge on any atom is 0.0905 e. The average Bonchev–Trinajstić information content (AvgIpc) is 2.64. The molecule has 1 saturated carbocycles. The molecule has 4 heteroatoms. The lowest BCUT2D eigenvalue weighted by Gasteiger charge is -2.06. The number of aliphatic hydroxyl groups excluding tert-OH is 1. The Morgan fingerprint density at radius 1 is 1.64 bits per heavy atom. The summed E-state index contributed by atoms with van der Waals surface area (Å²) in [5, 5.41) is 8.86. The van der Waals surface area contributed by atoms with Crippen molar-refractivity contribution in [2.45, 2.75) is 19.8 Å². The number of nitrogens with two attached hydrogens (primary N) is 1. The van der Waals surface area contributed by atoms with Crippen LogP contribution in [0.2, 0.25) is 0 Å². The van der Waals surface area contributed by atoms with E-state index in [1.54, 1.807) is 6.92 Å². The van der Waals surface area contributed by atoms with Crippen molar-refractivity contribution in [3.63, 3.8) is 0 Å². The largest absolute Gasteiger partial charge is 0.396 e. The minimum atomic E-state index is 0. The van der Waals surface area contributed by atoms with Gasteiger partial charge in [-0.2, -0.15) is 0 Å². The van der Waals surface area contributed by atoms with Crippen LogP contribution in [0.1, 0.15) is 19.8 Å². The number of halogens is 1.